The average Bonchev–Trinajstić information content (AvgIpc) is 3.01. The molecule has 0 aliphatic heterocycles. The van der Waals surface area contributed by atoms with Gasteiger partial charge in [0.25, 0.3) is 0 Å². The maximum Gasteiger partial charge on any atom is 0.0748 e. The number of hydrogen-bond acceptors (Lipinski definition) is 0. The molecule has 3 rings (SSSR count). The van der Waals surface area contributed by atoms with E-state index in [9.17, 15) is 0 Å². The Bertz CT molecular complexity index is 790. The first-order valence-electron chi connectivity index (χ1n) is 13.4. The van der Waals surface area contributed by atoms with Crippen molar-refractivity contribution in [1.82, 2.24) is 0 Å². The van der Waals surface area contributed by atoms with E-state index in [4.69, 9.17) is 11.6 Å². The van der Waals surface area contributed by atoms with Crippen LogP contribution >= 0.6 is 11.6 Å². The number of halogens is 1. The molecule has 2 unspecified atom stereocenters. The van der Waals surface area contributed by atoms with E-state index in [1.807, 2.05) is 0 Å². The third-order valence-electron chi connectivity index (χ3n) is 9.70. The standard InChI is InChI=1S/C31H49Cl/c1-9-29(6,7)17-10-12-22(2)28-16-19-30(8)27(13-11-18-31(28,30)32)15-14-26-20-23(3)25(5)24(4)21-26/h14-15,23-24H,5,9-13,16-21H2,1-4,6-8H3/b26-14?,27-15+,28-22+/t23-,24?,30+,31?/m1/s1. The van der Waals surface area contributed by atoms with Crippen LogP contribution in [0.1, 0.15) is 119 Å². The van der Waals surface area contributed by atoms with Crippen molar-refractivity contribution in [2.24, 2.45) is 22.7 Å². The van der Waals surface area contributed by atoms with Gasteiger partial charge in [-0.2, -0.15) is 0 Å². The predicted molar refractivity (Wildman–Crippen MR) is 143 cm³/mol. The second-order valence-corrected chi connectivity index (χ2v) is 13.1. The largest absolute Gasteiger partial charge is 0.113 e. The number of fused-ring (bicyclic) bond motifs is 1. The lowest BCUT2D eigenvalue weighted by atomic mass is 9.64. The Hall–Kier alpha value is -0.750. The minimum atomic E-state index is -0.165. The molecule has 0 amide bonds. The molecule has 0 N–H and O–H groups in total. The van der Waals surface area contributed by atoms with Crippen LogP contribution in [-0.2, 0) is 0 Å². The van der Waals surface area contributed by atoms with E-state index in [1.54, 1.807) is 22.3 Å². The van der Waals surface area contributed by atoms with Gasteiger partial charge in [-0.1, -0.05) is 89.0 Å². The van der Waals surface area contributed by atoms with Gasteiger partial charge in [-0.15, -0.1) is 11.6 Å². The lowest BCUT2D eigenvalue weighted by Crippen LogP contribution is -2.42. The molecule has 0 aromatic rings. The molecule has 0 saturated heterocycles. The van der Waals surface area contributed by atoms with Crippen LogP contribution < -0.4 is 0 Å². The number of alkyl halides is 1. The molecule has 32 heavy (non-hydrogen) atoms. The first kappa shape index (κ1) is 25.9. The molecule has 0 nitrogen and oxygen atoms in total. The molecule has 0 heterocycles. The van der Waals surface area contributed by atoms with E-state index in [0.717, 1.165) is 6.42 Å². The summed E-state index contributed by atoms with van der Waals surface area (Å²) in [6, 6.07) is 0. The fourth-order valence-corrected chi connectivity index (χ4v) is 7.30. The van der Waals surface area contributed by atoms with Crippen molar-refractivity contribution < 1.29 is 0 Å². The summed E-state index contributed by atoms with van der Waals surface area (Å²) in [5.41, 5.74) is 8.38. The topological polar surface area (TPSA) is 0 Å². The van der Waals surface area contributed by atoms with Crippen molar-refractivity contribution in [2.45, 2.75) is 124 Å². The lowest BCUT2D eigenvalue weighted by Gasteiger charge is -2.46. The van der Waals surface area contributed by atoms with Gasteiger partial charge in [-0.3, -0.25) is 0 Å². The molecule has 1 heteroatoms. The van der Waals surface area contributed by atoms with Gasteiger partial charge in [-0.05, 0) is 94.0 Å². The molecular formula is C31H49Cl. The van der Waals surface area contributed by atoms with E-state index in [1.165, 1.54) is 69.8 Å². The quantitative estimate of drug-likeness (QED) is 0.275. The Morgan fingerprint density at radius 1 is 1.12 bits per heavy atom. The number of hydrogen-bond donors (Lipinski definition) is 0. The fraction of sp³-hybridized carbons (Fsp3) is 0.742. The van der Waals surface area contributed by atoms with E-state index < -0.39 is 0 Å². The monoisotopic (exact) mass is 456 g/mol. The van der Waals surface area contributed by atoms with Crippen molar-refractivity contribution in [2.75, 3.05) is 0 Å². The molecule has 0 aromatic carbocycles. The van der Waals surface area contributed by atoms with Gasteiger partial charge in [-0.25, -0.2) is 0 Å². The van der Waals surface area contributed by atoms with Crippen LogP contribution in [0, 0.1) is 22.7 Å². The summed E-state index contributed by atoms with van der Waals surface area (Å²) in [4.78, 5) is -0.165. The van der Waals surface area contributed by atoms with Gasteiger partial charge in [0.1, 0.15) is 0 Å². The van der Waals surface area contributed by atoms with Gasteiger partial charge in [0, 0.05) is 5.41 Å². The molecule has 3 saturated carbocycles. The Labute approximate surface area is 204 Å². The molecule has 3 aliphatic rings. The molecule has 3 aliphatic carbocycles. The minimum absolute atomic E-state index is 0.110. The summed E-state index contributed by atoms with van der Waals surface area (Å²) in [5, 5.41) is 0. The zero-order chi connectivity index (χ0) is 23.7. The Morgan fingerprint density at radius 2 is 1.78 bits per heavy atom. The highest BCUT2D eigenvalue weighted by Crippen LogP contribution is 2.64. The summed E-state index contributed by atoms with van der Waals surface area (Å²) in [7, 11) is 0. The molecule has 4 atom stereocenters. The maximum absolute atomic E-state index is 7.62. The van der Waals surface area contributed by atoms with Crippen LogP contribution in [0.5, 0.6) is 0 Å². The van der Waals surface area contributed by atoms with Crippen LogP contribution in [0.2, 0.25) is 0 Å². The summed E-state index contributed by atoms with van der Waals surface area (Å²) in [5.74, 6) is 1.22. The van der Waals surface area contributed by atoms with Crippen molar-refractivity contribution in [3.05, 3.63) is 46.6 Å². The molecule has 180 valence electrons. The summed E-state index contributed by atoms with van der Waals surface area (Å²) in [6.07, 6.45) is 18.3. The van der Waals surface area contributed by atoms with Gasteiger partial charge in [0.05, 0.1) is 4.87 Å². The Kier molecular flexibility index (Phi) is 7.96. The van der Waals surface area contributed by atoms with Crippen molar-refractivity contribution in [3.8, 4) is 0 Å². The highest BCUT2D eigenvalue weighted by Gasteiger charge is 2.57. The Morgan fingerprint density at radius 3 is 2.41 bits per heavy atom. The molecule has 0 bridgehead atoms. The molecule has 0 radical (unpaired) electrons. The maximum atomic E-state index is 7.62. The van der Waals surface area contributed by atoms with Gasteiger partial charge in [0.2, 0.25) is 0 Å². The number of rotatable bonds is 6. The smallest absolute Gasteiger partial charge is 0.0748 e. The third kappa shape index (κ3) is 5.01. The Balaban J connectivity index is 1.79. The molecule has 0 aromatic heterocycles. The molecule has 0 spiro atoms. The zero-order valence-electron chi connectivity index (χ0n) is 22.2. The SMILES string of the molecule is C=C1C(C)CC(=C/C=C2\CCCC3(Cl)/C(=C(\C)CCCC(C)(C)CC)CC[C@@]23C)C[C@H]1C. The highest BCUT2D eigenvalue weighted by molar-refractivity contribution is 6.27. The van der Waals surface area contributed by atoms with Gasteiger partial charge >= 0.3 is 0 Å². The van der Waals surface area contributed by atoms with Crippen molar-refractivity contribution in [1.29, 1.82) is 0 Å². The van der Waals surface area contributed by atoms with Crippen LogP contribution in [0.25, 0.3) is 0 Å². The summed E-state index contributed by atoms with van der Waals surface area (Å²) in [6.45, 7) is 21.0. The fourth-order valence-electron chi connectivity index (χ4n) is 6.70. The average molecular weight is 457 g/mol. The first-order valence-corrected chi connectivity index (χ1v) is 13.8. The van der Waals surface area contributed by atoms with Crippen LogP contribution in [0.15, 0.2) is 46.6 Å². The second kappa shape index (κ2) is 9.85. The zero-order valence-corrected chi connectivity index (χ0v) is 22.9. The van der Waals surface area contributed by atoms with E-state index >= 15 is 0 Å². The first-order chi connectivity index (χ1) is 14.9. The number of allylic oxidation sites excluding steroid dienone is 7. The van der Waals surface area contributed by atoms with Gasteiger partial charge in [0.15, 0.2) is 0 Å². The van der Waals surface area contributed by atoms with Crippen LogP contribution in [-0.4, -0.2) is 4.87 Å². The minimum Gasteiger partial charge on any atom is -0.113 e. The third-order valence-corrected chi connectivity index (χ3v) is 10.5. The highest BCUT2D eigenvalue weighted by atomic mass is 35.5. The van der Waals surface area contributed by atoms with Crippen LogP contribution in [0.4, 0.5) is 0 Å². The van der Waals surface area contributed by atoms with E-state index in [-0.39, 0.29) is 10.3 Å². The summed E-state index contributed by atoms with van der Waals surface area (Å²) >= 11 is 7.62. The van der Waals surface area contributed by atoms with Crippen molar-refractivity contribution in [3.63, 3.8) is 0 Å². The van der Waals surface area contributed by atoms with E-state index in [2.05, 4.69) is 67.2 Å². The molecule has 3 fully saturated rings. The van der Waals surface area contributed by atoms with Crippen LogP contribution in [0.3, 0.4) is 0 Å². The lowest BCUT2D eigenvalue weighted by molar-refractivity contribution is 0.271. The summed E-state index contributed by atoms with van der Waals surface area (Å²) < 4.78 is 0. The normalized spacial score (nSPS) is 37.8. The molecular weight excluding hydrogens is 408 g/mol. The van der Waals surface area contributed by atoms with Crippen molar-refractivity contribution >= 4 is 11.6 Å². The van der Waals surface area contributed by atoms with E-state index in [0.29, 0.717) is 17.3 Å². The van der Waals surface area contributed by atoms with Gasteiger partial charge < -0.3 is 0 Å². The second-order valence-electron chi connectivity index (χ2n) is 12.4. The predicted octanol–water partition coefficient (Wildman–Crippen LogP) is 10.3.